The first-order chi connectivity index (χ1) is 10.5. The van der Waals surface area contributed by atoms with Crippen molar-refractivity contribution >= 4 is 17.7 Å². The van der Waals surface area contributed by atoms with Crippen molar-refractivity contribution < 1.29 is 29.0 Å². The van der Waals surface area contributed by atoms with Crippen LogP contribution in [0.4, 0.5) is 4.79 Å². The maximum Gasteiger partial charge on any atom is 0.511 e. The largest absolute Gasteiger partial charge is 0.511 e. The second-order valence-corrected chi connectivity index (χ2v) is 4.28. The molecule has 0 aliphatic heterocycles. The van der Waals surface area contributed by atoms with Gasteiger partial charge in [-0.1, -0.05) is 0 Å². The number of hydrogen-bond acceptors (Lipinski definition) is 5. The minimum Gasteiger partial charge on any atom is -0.497 e. The highest BCUT2D eigenvalue weighted by molar-refractivity contribution is 6.49. The lowest BCUT2D eigenvalue weighted by Crippen LogP contribution is -2.14. The lowest BCUT2D eigenvalue weighted by molar-refractivity contribution is 0.0817. The number of Topliss-reactive ketones (excluding diaryl/α,β-unsaturated/α-hetero) is 2. The number of ether oxygens (including phenoxy) is 2. The van der Waals surface area contributed by atoms with E-state index in [0.717, 1.165) is 0 Å². The van der Waals surface area contributed by atoms with E-state index in [2.05, 4.69) is 4.74 Å². The molecule has 0 aliphatic rings. The average Bonchev–Trinajstić information content (AvgIpc) is 2.54. The summed E-state index contributed by atoms with van der Waals surface area (Å²) in [5, 5.41) is 8.47. The molecule has 0 heterocycles. The molecule has 1 N–H and O–H groups in total. The van der Waals surface area contributed by atoms with Crippen LogP contribution in [0.15, 0.2) is 48.5 Å². The predicted octanol–water partition coefficient (Wildman–Crippen LogP) is 2.82. The number of hydrogen-bond donors (Lipinski definition) is 1. The van der Waals surface area contributed by atoms with Crippen LogP contribution in [0.5, 0.6) is 11.5 Å². The zero-order valence-electron chi connectivity index (χ0n) is 11.6. The molecule has 0 amide bonds. The molecule has 0 fully saturated rings. The second kappa shape index (κ2) is 6.53. The Labute approximate surface area is 125 Å². The Morgan fingerprint density at radius 3 is 1.55 bits per heavy atom. The van der Waals surface area contributed by atoms with Gasteiger partial charge in [-0.2, -0.15) is 0 Å². The zero-order chi connectivity index (χ0) is 16.1. The van der Waals surface area contributed by atoms with E-state index < -0.39 is 17.7 Å². The summed E-state index contributed by atoms with van der Waals surface area (Å²) in [5.41, 5.74) is 0.398. The summed E-state index contributed by atoms with van der Waals surface area (Å²) < 4.78 is 9.41. The van der Waals surface area contributed by atoms with Crippen molar-refractivity contribution in [3.8, 4) is 11.5 Å². The van der Waals surface area contributed by atoms with Crippen LogP contribution in [-0.4, -0.2) is 29.9 Å². The van der Waals surface area contributed by atoms with Gasteiger partial charge in [-0.15, -0.1) is 0 Å². The first kappa shape index (κ1) is 15.2. The number of benzene rings is 2. The van der Waals surface area contributed by atoms with Crippen LogP contribution in [-0.2, 0) is 0 Å². The van der Waals surface area contributed by atoms with Crippen molar-refractivity contribution in [2.45, 2.75) is 0 Å². The first-order valence-electron chi connectivity index (χ1n) is 6.25. The molecule has 0 atom stereocenters. The van der Waals surface area contributed by atoms with E-state index in [0.29, 0.717) is 5.75 Å². The van der Waals surface area contributed by atoms with E-state index >= 15 is 0 Å². The first-order valence-corrected chi connectivity index (χ1v) is 6.25. The molecule has 0 bridgehead atoms. The van der Waals surface area contributed by atoms with Gasteiger partial charge < -0.3 is 14.6 Å². The molecule has 112 valence electrons. The molecule has 0 unspecified atom stereocenters. The Hall–Kier alpha value is -3.15. The molecule has 2 aromatic carbocycles. The van der Waals surface area contributed by atoms with Crippen LogP contribution < -0.4 is 9.47 Å². The van der Waals surface area contributed by atoms with Crippen molar-refractivity contribution in [1.82, 2.24) is 0 Å². The summed E-state index contributed by atoms with van der Waals surface area (Å²) in [5.74, 6) is -0.693. The number of carbonyl (C=O) groups excluding carboxylic acids is 2. The molecule has 2 rings (SSSR count). The monoisotopic (exact) mass is 300 g/mol. The van der Waals surface area contributed by atoms with Crippen molar-refractivity contribution in [2.24, 2.45) is 0 Å². The van der Waals surface area contributed by atoms with E-state index in [1.165, 1.54) is 43.5 Å². The molecule has 6 heteroatoms. The Morgan fingerprint density at radius 2 is 1.18 bits per heavy atom. The number of ketones is 2. The van der Waals surface area contributed by atoms with Crippen LogP contribution in [0.25, 0.3) is 0 Å². The molecule has 0 aliphatic carbocycles. The van der Waals surface area contributed by atoms with E-state index in [-0.39, 0.29) is 16.9 Å². The summed E-state index contributed by atoms with van der Waals surface area (Å²) in [6.45, 7) is 0. The Balaban J connectivity index is 2.15. The van der Waals surface area contributed by atoms with Crippen molar-refractivity contribution in [3.63, 3.8) is 0 Å². The lowest BCUT2D eigenvalue weighted by Gasteiger charge is -2.04. The Bertz CT molecular complexity index is 700. The molecule has 6 nitrogen and oxygen atoms in total. The summed E-state index contributed by atoms with van der Waals surface area (Å²) in [7, 11) is 1.50. The fourth-order valence-corrected chi connectivity index (χ4v) is 1.78. The molecular formula is C16H12O6. The van der Waals surface area contributed by atoms with Crippen LogP contribution in [0.3, 0.4) is 0 Å². The Morgan fingerprint density at radius 1 is 0.773 bits per heavy atom. The van der Waals surface area contributed by atoms with E-state index in [9.17, 15) is 14.4 Å². The molecule has 2 aromatic rings. The quantitative estimate of drug-likeness (QED) is 0.395. The van der Waals surface area contributed by atoms with Crippen molar-refractivity contribution in [3.05, 3.63) is 59.7 Å². The number of carbonyl (C=O) groups is 3. The molecule has 22 heavy (non-hydrogen) atoms. The molecule has 0 saturated carbocycles. The van der Waals surface area contributed by atoms with Gasteiger partial charge in [0.05, 0.1) is 7.11 Å². The van der Waals surface area contributed by atoms with Gasteiger partial charge in [-0.3, -0.25) is 9.59 Å². The summed E-state index contributed by atoms with van der Waals surface area (Å²) in [6, 6.07) is 11.5. The van der Waals surface area contributed by atoms with Gasteiger partial charge in [-0.25, -0.2) is 4.79 Å². The summed E-state index contributed by atoms with van der Waals surface area (Å²) in [6.07, 6.45) is -1.45. The van der Waals surface area contributed by atoms with Gasteiger partial charge in [0.1, 0.15) is 11.5 Å². The van der Waals surface area contributed by atoms with Gasteiger partial charge in [-0.05, 0) is 48.5 Å². The average molecular weight is 300 g/mol. The minimum absolute atomic E-state index is 0.0703. The van der Waals surface area contributed by atoms with Gasteiger partial charge in [0.2, 0.25) is 11.6 Å². The molecular weight excluding hydrogens is 288 g/mol. The minimum atomic E-state index is -1.45. The molecule has 0 spiro atoms. The number of methoxy groups -OCH3 is 1. The number of rotatable bonds is 5. The molecule has 0 aromatic heterocycles. The van der Waals surface area contributed by atoms with Gasteiger partial charge in [0.25, 0.3) is 0 Å². The van der Waals surface area contributed by atoms with Crippen molar-refractivity contribution in [1.29, 1.82) is 0 Å². The predicted molar refractivity (Wildman–Crippen MR) is 76.7 cm³/mol. The highest BCUT2D eigenvalue weighted by atomic mass is 16.7. The van der Waals surface area contributed by atoms with Crippen molar-refractivity contribution in [2.75, 3.05) is 7.11 Å². The smallest absolute Gasteiger partial charge is 0.497 e. The normalized spacial score (nSPS) is 9.86. The fourth-order valence-electron chi connectivity index (χ4n) is 1.78. The lowest BCUT2D eigenvalue weighted by atomic mass is 10.0. The maximum atomic E-state index is 12.1. The third kappa shape index (κ3) is 3.49. The standard InChI is InChI=1S/C16H12O6/c1-21-12-6-2-10(3-7-12)14(17)15(18)11-4-8-13(9-5-11)22-16(19)20/h2-9H,1H3,(H,19,20). The van der Waals surface area contributed by atoms with Gasteiger partial charge >= 0.3 is 6.16 Å². The van der Waals surface area contributed by atoms with Crippen LogP contribution >= 0.6 is 0 Å². The topological polar surface area (TPSA) is 89.9 Å². The van der Waals surface area contributed by atoms with E-state index in [1.54, 1.807) is 12.1 Å². The maximum absolute atomic E-state index is 12.1. The Kier molecular flexibility index (Phi) is 4.53. The van der Waals surface area contributed by atoms with Gasteiger partial charge in [0.15, 0.2) is 0 Å². The van der Waals surface area contributed by atoms with Crippen LogP contribution in [0, 0.1) is 0 Å². The second-order valence-electron chi connectivity index (χ2n) is 4.28. The van der Waals surface area contributed by atoms with Crippen LogP contribution in [0.2, 0.25) is 0 Å². The van der Waals surface area contributed by atoms with Gasteiger partial charge in [0, 0.05) is 11.1 Å². The SMILES string of the molecule is COc1ccc(C(=O)C(=O)c2ccc(OC(=O)O)cc2)cc1. The fraction of sp³-hybridized carbons (Fsp3) is 0.0625. The summed E-state index contributed by atoms with van der Waals surface area (Å²) >= 11 is 0. The van der Waals surface area contributed by atoms with E-state index in [1.807, 2.05) is 0 Å². The summed E-state index contributed by atoms with van der Waals surface area (Å²) in [4.78, 5) is 34.6. The van der Waals surface area contributed by atoms with E-state index in [4.69, 9.17) is 9.84 Å². The highest BCUT2D eigenvalue weighted by Gasteiger charge is 2.18. The molecule has 0 saturated heterocycles. The third-order valence-corrected chi connectivity index (χ3v) is 2.88. The number of carboxylic acid groups (broad SMARTS) is 1. The van der Waals surface area contributed by atoms with Crippen LogP contribution in [0.1, 0.15) is 20.7 Å². The third-order valence-electron chi connectivity index (χ3n) is 2.88. The highest BCUT2D eigenvalue weighted by Crippen LogP contribution is 2.16. The molecule has 0 radical (unpaired) electrons. The zero-order valence-corrected chi connectivity index (χ0v) is 11.6.